The van der Waals surface area contributed by atoms with Crippen LogP contribution >= 0.6 is 0 Å². The van der Waals surface area contributed by atoms with Crippen molar-refractivity contribution >= 4 is 23.7 Å². The van der Waals surface area contributed by atoms with Gasteiger partial charge in [-0.3, -0.25) is 4.79 Å². The fourth-order valence-electron chi connectivity index (χ4n) is 2.63. The van der Waals surface area contributed by atoms with Gasteiger partial charge in [-0.2, -0.15) is 0 Å². The maximum absolute atomic E-state index is 12.3. The van der Waals surface area contributed by atoms with Crippen LogP contribution in [0, 0.1) is 0 Å². The van der Waals surface area contributed by atoms with Gasteiger partial charge in [0.1, 0.15) is 5.75 Å². The molecule has 0 spiro atoms. The van der Waals surface area contributed by atoms with Crippen LogP contribution in [0.15, 0.2) is 78.9 Å². The van der Waals surface area contributed by atoms with Crippen LogP contribution < -0.4 is 10.1 Å². The molecule has 0 saturated heterocycles. The minimum atomic E-state index is -0.0264. The number of benzene rings is 3. The van der Waals surface area contributed by atoms with E-state index in [1.807, 2.05) is 91.0 Å². The lowest BCUT2D eigenvalue weighted by Gasteiger charge is -2.09. The Morgan fingerprint density at radius 2 is 1.58 bits per heavy atom. The van der Waals surface area contributed by atoms with Crippen LogP contribution in [-0.4, -0.2) is 13.0 Å². The van der Waals surface area contributed by atoms with E-state index in [1.54, 1.807) is 7.11 Å². The van der Waals surface area contributed by atoms with E-state index < -0.39 is 0 Å². The Morgan fingerprint density at radius 3 is 2.31 bits per heavy atom. The number of anilines is 1. The van der Waals surface area contributed by atoms with Crippen molar-refractivity contribution in [3.63, 3.8) is 0 Å². The first-order chi connectivity index (χ1) is 12.7. The van der Waals surface area contributed by atoms with Crippen LogP contribution in [0.3, 0.4) is 0 Å². The molecule has 3 aromatic carbocycles. The lowest BCUT2D eigenvalue weighted by atomic mass is 10.1. The summed E-state index contributed by atoms with van der Waals surface area (Å²) in [4.78, 5) is 12.3. The van der Waals surface area contributed by atoms with Crippen LogP contribution in [-0.2, 0) is 11.2 Å². The van der Waals surface area contributed by atoms with Crippen molar-refractivity contribution < 1.29 is 9.53 Å². The third-order valence-electron chi connectivity index (χ3n) is 4.01. The molecule has 130 valence electrons. The van der Waals surface area contributed by atoms with Gasteiger partial charge in [0.05, 0.1) is 13.5 Å². The van der Waals surface area contributed by atoms with Crippen LogP contribution in [0.1, 0.15) is 16.7 Å². The standard InChI is InChI=1S/C23H21NO2/c1-26-21-15-12-18(13-16-21)11-14-20-9-5-6-10-22(20)24-23(25)17-19-7-3-2-4-8-19/h2-16H,17H2,1H3,(H,24,25)/b14-11+. The van der Waals surface area contributed by atoms with Gasteiger partial charge in [0.15, 0.2) is 0 Å². The van der Waals surface area contributed by atoms with Crippen LogP contribution in [0.2, 0.25) is 0 Å². The van der Waals surface area contributed by atoms with E-state index in [0.29, 0.717) is 6.42 Å². The molecule has 0 bridgehead atoms. The molecule has 0 aliphatic carbocycles. The Balaban J connectivity index is 1.71. The van der Waals surface area contributed by atoms with Gasteiger partial charge in [-0.05, 0) is 34.9 Å². The number of ether oxygens (including phenoxy) is 1. The maximum atomic E-state index is 12.3. The zero-order valence-electron chi connectivity index (χ0n) is 14.7. The molecule has 3 aromatic rings. The Bertz CT molecular complexity index is 884. The highest BCUT2D eigenvalue weighted by molar-refractivity contribution is 5.95. The number of carbonyl (C=O) groups excluding carboxylic acids is 1. The molecule has 0 saturated carbocycles. The monoisotopic (exact) mass is 343 g/mol. The number of hydrogen-bond donors (Lipinski definition) is 1. The van der Waals surface area contributed by atoms with Gasteiger partial charge in [-0.1, -0.05) is 72.8 Å². The molecule has 3 nitrogen and oxygen atoms in total. The summed E-state index contributed by atoms with van der Waals surface area (Å²) in [6.45, 7) is 0. The molecule has 0 radical (unpaired) electrons. The number of carbonyl (C=O) groups is 1. The van der Waals surface area contributed by atoms with Crippen molar-refractivity contribution in [2.24, 2.45) is 0 Å². The van der Waals surface area contributed by atoms with Crippen molar-refractivity contribution in [1.82, 2.24) is 0 Å². The Kier molecular flexibility index (Phi) is 5.84. The zero-order valence-corrected chi connectivity index (χ0v) is 14.7. The second-order valence-corrected chi connectivity index (χ2v) is 5.90. The van der Waals surface area contributed by atoms with E-state index in [9.17, 15) is 4.79 Å². The zero-order chi connectivity index (χ0) is 18.2. The summed E-state index contributed by atoms with van der Waals surface area (Å²) in [7, 11) is 1.65. The van der Waals surface area contributed by atoms with Crippen LogP contribution in [0.25, 0.3) is 12.2 Å². The average Bonchev–Trinajstić information content (AvgIpc) is 2.68. The average molecular weight is 343 g/mol. The van der Waals surface area contributed by atoms with Gasteiger partial charge in [0.2, 0.25) is 5.91 Å². The SMILES string of the molecule is COc1ccc(/C=C/c2ccccc2NC(=O)Cc2ccccc2)cc1. The topological polar surface area (TPSA) is 38.3 Å². The molecule has 0 aliphatic rings. The predicted octanol–water partition coefficient (Wildman–Crippen LogP) is 5.05. The van der Waals surface area contributed by atoms with Gasteiger partial charge in [0, 0.05) is 5.69 Å². The van der Waals surface area contributed by atoms with E-state index in [-0.39, 0.29) is 5.91 Å². The summed E-state index contributed by atoms with van der Waals surface area (Å²) in [6.07, 6.45) is 4.37. The molecule has 0 aliphatic heterocycles. The van der Waals surface area contributed by atoms with E-state index in [1.165, 1.54) is 0 Å². The summed E-state index contributed by atoms with van der Waals surface area (Å²) in [5, 5.41) is 3.00. The highest BCUT2D eigenvalue weighted by atomic mass is 16.5. The first kappa shape index (κ1) is 17.5. The Labute approximate surface area is 154 Å². The minimum absolute atomic E-state index is 0.0264. The summed E-state index contributed by atoms with van der Waals surface area (Å²) < 4.78 is 5.17. The third-order valence-corrected chi connectivity index (χ3v) is 4.01. The third kappa shape index (κ3) is 4.84. The molecule has 0 fully saturated rings. The molecule has 1 N–H and O–H groups in total. The second kappa shape index (κ2) is 8.67. The quantitative estimate of drug-likeness (QED) is 0.636. The fourth-order valence-corrected chi connectivity index (χ4v) is 2.63. The number of amides is 1. The molecule has 3 heteroatoms. The van der Waals surface area contributed by atoms with Gasteiger partial charge in [-0.25, -0.2) is 0 Å². The lowest BCUT2D eigenvalue weighted by Crippen LogP contribution is -2.15. The van der Waals surface area contributed by atoms with Crippen molar-refractivity contribution in [1.29, 1.82) is 0 Å². The Morgan fingerprint density at radius 1 is 0.885 bits per heavy atom. The van der Waals surface area contributed by atoms with Crippen molar-refractivity contribution in [2.75, 3.05) is 12.4 Å². The number of rotatable bonds is 6. The molecular formula is C23H21NO2. The Hall–Kier alpha value is -3.33. The molecule has 0 atom stereocenters. The van der Waals surface area contributed by atoms with Crippen LogP contribution in [0.4, 0.5) is 5.69 Å². The predicted molar refractivity (Wildman–Crippen MR) is 107 cm³/mol. The highest BCUT2D eigenvalue weighted by Gasteiger charge is 2.06. The summed E-state index contributed by atoms with van der Waals surface area (Å²) in [5.74, 6) is 0.803. The largest absolute Gasteiger partial charge is 0.497 e. The molecule has 0 unspecified atom stereocenters. The number of methoxy groups -OCH3 is 1. The summed E-state index contributed by atoms with van der Waals surface area (Å²) in [6, 6.07) is 25.3. The molecule has 1 amide bonds. The number of hydrogen-bond acceptors (Lipinski definition) is 2. The van der Waals surface area contributed by atoms with E-state index in [4.69, 9.17) is 4.74 Å². The van der Waals surface area contributed by atoms with Gasteiger partial charge in [-0.15, -0.1) is 0 Å². The van der Waals surface area contributed by atoms with Crippen molar-refractivity contribution in [2.45, 2.75) is 6.42 Å². The van der Waals surface area contributed by atoms with Gasteiger partial charge < -0.3 is 10.1 Å². The molecular weight excluding hydrogens is 322 g/mol. The lowest BCUT2D eigenvalue weighted by molar-refractivity contribution is -0.115. The van der Waals surface area contributed by atoms with E-state index >= 15 is 0 Å². The maximum Gasteiger partial charge on any atom is 0.228 e. The highest BCUT2D eigenvalue weighted by Crippen LogP contribution is 2.19. The minimum Gasteiger partial charge on any atom is -0.497 e. The molecule has 0 heterocycles. The smallest absolute Gasteiger partial charge is 0.228 e. The summed E-state index contributed by atoms with van der Waals surface area (Å²) in [5.41, 5.74) is 3.83. The summed E-state index contributed by atoms with van der Waals surface area (Å²) >= 11 is 0. The molecule has 0 aromatic heterocycles. The first-order valence-electron chi connectivity index (χ1n) is 8.49. The molecule has 26 heavy (non-hydrogen) atoms. The fraction of sp³-hybridized carbons (Fsp3) is 0.0870. The van der Waals surface area contributed by atoms with Crippen LogP contribution in [0.5, 0.6) is 5.75 Å². The van der Waals surface area contributed by atoms with Crippen molar-refractivity contribution in [3.05, 3.63) is 95.6 Å². The van der Waals surface area contributed by atoms with Gasteiger partial charge in [0.25, 0.3) is 0 Å². The van der Waals surface area contributed by atoms with E-state index in [0.717, 1.165) is 28.1 Å². The van der Waals surface area contributed by atoms with Gasteiger partial charge >= 0.3 is 0 Å². The number of para-hydroxylation sites is 1. The second-order valence-electron chi connectivity index (χ2n) is 5.90. The number of nitrogens with one attached hydrogen (secondary N) is 1. The van der Waals surface area contributed by atoms with Crippen molar-refractivity contribution in [3.8, 4) is 5.75 Å². The normalized spacial score (nSPS) is 10.7. The van der Waals surface area contributed by atoms with E-state index in [2.05, 4.69) is 5.32 Å². The first-order valence-corrected chi connectivity index (χ1v) is 8.49. The molecule has 3 rings (SSSR count).